The monoisotopic (exact) mass is 315 g/mol. The van der Waals surface area contributed by atoms with Crippen LogP contribution in [0.4, 0.5) is 10.6 Å². The maximum Gasteiger partial charge on any atom is 0.323 e. The third kappa shape index (κ3) is 3.34. The van der Waals surface area contributed by atoms with Crippen molar-refractivity contribution in [3.63, 3.8) is 0 Å². The number of ether oxygens (including phenoxy) is 1. The molecule has 122 valence electrons. The number of rotatable bonds is 2. The van der Waals surface area contributed by atoms with Crippen LogP contribution in [0, 0.1) is 6.92 Å². The average Bonchev–Trinajstić information content (AvgIpc) is 2.97. The Balaban J connectivity index is 1.79. The van der Waals surface area contributed by atoms with Gasteiger partial charge in [-0.15, -0.1) is 0 Å². The van der Waals surface area contributed by atoms with Gasteiger partial charge in [0.1, 0.15) is 5.82 Å². The fourth-order valence-corrected chi connectivity index (χ4v) is 2.58. The lowest BCUT2D eigenvalue weighted by atomic mass is 10.2. The number of aromatic nitrogens is 3. The molecule has 23 heavy (non-hydrogen) atoms. The number of carbonyl (C=O) groups excluding carboxylic acids is 1. The molecule has 3 rings (SSSR count). The Hall–Kier alpha value is -2.41. The summed E-state index contributed by atoms with van der Waals surface area (Å²) in [6.45, 7) is 7.05. The predicted octanol–water partition coefficient (Wildman–Crippen LogP) is 2.22. The summed E-state index contributed by atoms with van der Waals surface area (Å²) in [5.41, 5.74) is 1.08. The summed E-state index contributed by atoms with van der Waals surface area (Å²) in [7, 11) is 0. The van der Waals surface area contributed by atoms with Crippen LogP contribution in [-0.2, 0) is 4.74 Å². The minimum absolute atomic E-state index is 0.0414. The van der Waals surface area contributed by atoms with Gasteiger partial charge in [0, 0.05) is 18.8 Å². The van der Waals surface area contributed by atoms with Gasteiger partial charge >= 0.3 is 6.03 Å². The van der Waals surface area contributed by atoms with Gasteiger partial charge in [0.05, 0.1) is 24.9 Å². The Morgan fingerprint density at radius 2 is 2.17 bits per heavy atom. The molecule has 3 heterocycles. The van der Waals surface area contributed by atoms with Crippen molar-refractivity contribution in [1.82, 2.24) is 19.7 Å². The summed E-state index contributed by atoms with van der Waals surface area (Å²) in [4.78, 5) is 18.7. The molecule has 2 aromatic heterocycles. The first kappa shape index (κ1) is 15.5. The molecule has 0 aliphatic carbocycles. The molecule has 1 saturated heterocycles. The molecule has 1 N–H and O–H groups in total. The lowest BCUT2D eigenvalue weighted by Crippen LogP contribution is -2.51. The molecule has 7 nitrogen and oxygen atoms in total. The van der Waals surface area contributed by atoms with Crippen LogP contribution in [0.5, 0.6) is 0 Å². The van der Waals surface area contributed by atoms with Gasteiger partial charge in [-0.25, -0.2) is 9.78 Å². The minimum Gasteiger partial charge on any atom is -0.375 e. The molecule has 1 aliphatic heterocycles. The van der Waals surface area contributed by atoms with Crippen molar-refractivity contribution in [2.75, 3.05) is 18.5 Å². The summed E-state index contributed by atoms with van der Waals surface area (Å²) >= 11 is 0. The summed E-state index contributed by atoms with van der Waals surface area (Å²) in [6, 6.07) is 5.49. The van der Waals surface area contributed by atoms with E-state index in [0.29, 0.717) is 24.8 Å². The van der Waals surface area contributed by atoms with Gasteiger partial charge in [-0.2, -0.15) is 9.78 Å². The maximum atomic E-state index is 12.6. The van der Waals surface area contributed by atoms with Crippen molar-refractivity contribution in [3.05, 3.63) is 36.2 Å². The van der Waals surface area contributed by atoms with Crippen LogP contribution in [0.2, 0.25) is 0 Å². The van der Waals surface area contributed by atoms with Gasteiger partial charge in [-0.1, -0.05) is 0 Å². The van der Waals surface area contributed by atoms with Gasteiger partial charge in [0.2, 0.25) is 0 Å². The van der Waals surface area contributed by atoms with Crippen LogP contribution < -0.4 is 5.32 Å². The van der Waals surface area contributed by atoms with Crippen molar-refractivity contribution in [1.29, 1.82) is 0 Å². The Bertz CT molecular complexity index is 699. The van der Waals surface area contributed by atoms with E-state index in [4.69, 9.17) is 4.74 Å². The SMILES string of the molecule is Cc1ccnc(-n2nccc2NC(=O)N2C[C@H](C)OC[C@H]2C)c1. The van der Waals surface area contributed by atoms with E-state index in [1.54, 1.807) is 28.0 Å². The Kier molecular flexibility index (Phi) is 4.29. The number of hydrogen-bond donors (Lipinski definition) is 1. The van der Waals surface area contributed by atoms with Crippen molar-refractivity contribution in [2.24, 2.45) is 0 Å². The van der Waals surface area contributed by atoms with Crippen LogP contribution >= 0.6 is 0 Å². The molecule has 1 aliphatic rings. The van der Waals surface area contributed by atoms with Gasteiger partial charge < -0.3 is 9.64 Å². The van der Waals surface area contributed by atoms with Crippen LogP contribution in [0.1, 0.15) is 19.4 Å². The highest BCUT2D eigenvalue weighted by atomic mass is 16.5. The molecule has 0 spiro atoms. The molecule has 0 saturated carbocycles. The van der Waals surface area contributed by atoms with Crippen molar-refractivity contribution >= 4 is 11.8 Å². The largest absolute Gasteiger partial charge is 0.375 e. The number of pyridine rings is 1. The van der Waals surface area contributed by atoms with E-state index >= 15 is 0 Å². The fourth-order valence-electron chi connectivity index (χ4n) is 2.58. The molecule has 7 heteroatoms. The van der Waals surface area contributed by atoms with Crippen molar-refractivity contribution < 1.29 is 9.53 Å². The fraction of sp³-hybridized carbons (Fsp3) is 0.438. The normalized spacial score (nSPS) is 21.3. The topological polar surface area (TPSA) is 72.3 Å². The van der Waals surface area contributed by atoms with E-state index in [0.717, 1.165) is 5.56 Å². The lowest BCUT2D eigenvalue weighted by molar-refractivity contribution is -0.0296. The Morgan fingerprint density at radius 1 is 1.35 bits per heavy atom. The molecule has 1 fully saturated rings. The first-order valence-electron chi connectivity index (χ1n) is 7.71. The summed E-state index contributed by atoms with van der Waals surface area (Å²) in [6.07, 6.45) is 3.41. The molecule has 2 aromatic rings. The predicted molar refractivity (Wildman–Crippen MR) is 86.7 cm³/mol. The van der Waals surface area contributed by atoms with Crippen LogP contribution in [0.25, 0.3) is 5.82 Å². The number of aryl methyl sites for hydroxylation is 1. The summed E-state index contributed by atoms with van der Waals surface area (Å²) in [5.74, 6) is 1.27. The molecule has 0 radical (unpaired) electrons. The van der Waals surface area contributed by atoms with Crippen LogP contribution in [-0.4, -0.2) is 51.0 Å². The molecular formula is C16H21N5O2. The Morgan fingerprint density at radius 3 is 2.96 bits per heavy atom. The van der Waals surface area contributed by atoms with Gasteiger partial charge in [-0.3, -0.25) is 5.32 Å². The number of nitrogens with zero attached hydrogens (tertiary/aromatic N) is 4. The number of carbonyl (C=O) groups is 1. The molecular weight excluding hydrogens is 294 g/mol. The van der Waals surface area contributed by atoms with E-state index in [1.165, 1.54) is 0 Å². The second-order valence-electron chi connectivity index (χ2n) is 5.90. The van der Waals surface area contributed by atoms with E-state index in [9.17, 15) is 4.79 Å². The smallest absolute Gasteiger partial charge is 0.323 e. The van der Waals surface area contributed by atoms with E-state index < -0.39 is 0 Å². The van der Waals surface area contributed by atoms with Crippen molar-refractivity contribution in [3.8, 4) is 5.82 Å². The standard InChI is InChI=1S/C16H21N5O2/c1-11-4-6-17-15(8-11)21-14(5-7-18-21)19-16(22)20-9-13(3)23-10-12(20)2/h4-8,12-13H,9-10H2,1-3H3,(H,19,22)/t12-,13+/m1/s1. The molecule has 2 amide bonds. The average molecular weight is 315 g/mol. The van der Waals surface area contributed by atoms with Crippen LogP contribution in [0.3, 0.4) is 0 Å². The second kappa shape index (κ2) is 6.37. The maximum absolute atomic E-state index is 12.6. The highest BCUT2D eigenvalue weighted by Gasteiger charge is 2.28. The lowest BCUT2D eigenvalue weighted by Gasteiger charge is -2.36. The summed E-state index contributed by atoms with van der Waals surface area (Å²) < 4.78 is 7.19. The second-order valence-corrected chi connectivity index (χ2v) is 5.90. The minimum atomic E-state index is -0.151. The number of hydrogen-bond acceptors (Lipinski definition) is 4. The number of nitrogens with one attached hydrogen (secondary N) is 1. The van der Waals surface area contributed by atoms with Gasteiger partial charge in [0.15, 0.2) is 5.82 Å². The van der Waals surface area contributed by atoms with Crippen LogP contribution in [0.15, 0.2) is 30.6 Å². The molecule has 0 aromatic carbocycles. The zero-order chi connectivity index (χ0) is 16.4. The summed E-state index contributed by atoms with van der Waals surface area (Å²) in [5, 5.41) is 7.18. The van der Waals surface area contributed by atoms with E-state index in [1.807, 2.05) is 32.9 Å². The molecule has 0 unspecified atom stereocenters. The third-order valence-corrected chi connectivity index (χ3v) is 3.86. The van der Waals surface area contributed by atoms with Gasteiger partial charge in [-0.05, 0) is 38.5 Å². The zero-order valence-electron chi connectivity index (χ0n) is 13.6. The molecule has 0 bridgehead atoms. The quantitative estimate of drug-likeness (QED) is 0.922. The number of anilines is 1. The number of morpholine rings is 1. The third-order valence-electron chi connectivity index (χ3n) is 3.86. The Labute approximate surface area is 135 Å². The first-order valence-corrected chi connectivity index (χ1v) is 7.71. The highest BCUT2D eigenvalue weighted by molar-refractivity contribution is 5.89. The van der Waals surface area contributed by atoms with Crippen molar-refractivity contribution in [2.45, 2.75) is 32.9 Å². The number of amides is 2. The first-order chi connectivity index (χ1) is 11.0. The molecule has 2 atom stereocenters. The van der Waals surface area contributed by atoms with E-state index in [-0.39, 0.29) is 18.2 Å². The highest BCUT2D eigenvalue weighted by Crippen LogP contribution is 2.17. The van der Waals surface area contributed by atoms with E-state index in [2.05, 4.69) is 15.4 Å². The number of urea groups is 1. The zero-order valence-corrected chi connectivity index (χ0v) is 13.6. The van der Waals surface area contributed by atoms with Gasteiger partial charge in [0.25, 0.3) is 0 Å².